The molecule has 0 spiro atoms. The molecule has 0 bridgehead atoms. The van der Waals surface area contributed by atoms with Gasteiger partial charge in [0, 0.05) is 42.4 Å². The molecule has 1 saturated heterocycles. The maximum Gasteiger partial charge on any atom is 0.0674 e. The maximum absolute atomic E-state index is 5.77. The van der Waals surface area contributed by atoms with Crippen molar-refractivity contribution in [2.45, 2.75) is 32.5 Å². The normalized spacial score (nSPS) is 20.8. The van der Waals surface area contributed by atoms with Gasteiger partial charge in [0.25, 0.3) is 0 Å². The van der Waals surface area contributed by atoms with Crippen LogP contribution in [0.3, 0.4) is 0 Å². The van der Waals surface area contributed by atoms with Gasteiger partial charge in [-0.3, -0.25) is 4.90 Å². The summed E-state index contributed by atoms with van der Waals surface area (Å²) in [6.45, 7) is 7.23. The largest absolute Gasteiger partial charge is 0.377 e. The molecular formula is C17H24N2OS. The van der Waals surface area contributed by atoms with E-state index < -0.39 is 0 Å². The van der Waals surface area contributed by atoms with Crippen molar-refractivity contribution >= 4 is 21.4 Å². The predicted molar refractivity (Wildman–Crippen MR) is 89.9 cm³/mol. The van der Waals surface area contributed by atoms with Crippen LogP contribution in [0.2, 0.25) is 0 Å². The Bertz CT molecular complexity index is 595. The Hall–Kier alpha value is -0.940. The van der Waals surface area contributed by atoms with Crippen molar-refractivity contribution in [1.29, 1.82) is 0 Å². The summed E-state index contributed by atoms with van der Waals surface area (Å²) < 4.78 is 7.17. The van der Waals surface area contributed by atoms with Crippen LogP contribution in [0.25, 0.3) is 10.1 Å². The molecule has 3 rings (SSSR count). The van der Waals surface area contributed by atoms with Gasteiger partial charge in [-0.2, -0.15) is 0 Å². The smallest absolute Gasteiger partial charge is 0.0674 e. The van der Waals surface area contributed by atoms with Gasteiger partial charge in [0.1, 0.15) is 0 Å². The number of hydrogen-bond acceptors (Lipinski definition) is 4. The highest BCUT2D eigenvalue weighted by Crippen LogP contribution is 2.32. The zero-order valence-electron chi connectivity index (χ0n) is 12.9. The molecule has 0 amide bonds. The number of thiophene rings is 1. The molecule has 0 aliphatic carbocycles. The highest BCUT2D eigenvalue weighted by atomic mass is 32.1. The van der Waals surface area contributed by atoms with E-state index in [0.29, 0.717) is 6.10 Å². The second kappa shape index (κ2) is 6.88. The summed E-state index contributed by atoms with van der Waals surface area (Å²) in [6.07, 6.45) is 1.47. The molecule has 114 valence electrons. The van der Waals surface area contributed by atoms with Crippen LogP contribution in [0.5, 0.6) is 0 Å². The summed E-state index contributed by atoms with van der Waals surface area (Å²) in [6, 6.07) is 8.78. The van der Waals surface area contributed by atoms with Gasteiger partial charge in [-0.1, -0.05) is 18.2 Å². The van der Waals surface area contributed by atoms with E-state index in [-0.39, 0.29) is 0 Å². The lowest BCUT2D eigenvalue weighted by atomic mass is 10.1. The van der Waals surface area contributed by atoms with E-state index in [1.54, 1.807) is 0 Å². The lowest BCUT2D eigenvalue weighted by Gasteiger charge is -2.22. The molecule has 21 heavy (non-hydrogen) atoms. The molecule has 1 atom stereocenters. The molecule has 1 aromatic heterocycles. The van der Waals surface area contributed by atoms with Crippen molar-refractivity contribution in [3.63, 3.8) is 0 Å². The van der Waals surface area contributed by atoms with Gasteiger partial charge in [0.05, 0.1) is 6.10 Å². The SMILES string of the molecule is CNCc1sc2ccccc2c1CN1CCCOC(C)C1. The lowest BCUT2D eigenvalue weighted by molar-refractivity contribution is 0.0668. The Morgan fingerprint density at radius 1 is 1.38 bits per heavy atom. The summed E-state index contributed by atoms with van der Waals surface area (Å²) in [5.41, 5.74) is 1.50. The van der Waals surface area contributed by atoms with Crippen molar-refractivity contribution in [2.24, 2.45) is 0 Å². The van der Waals surface area contributed by atoms with Crippen LogP contribution in [0.1, 0.15) is 23.8 Å². The molecule has 1 unspecified atom stereocenters. The molecule has 2 heterocycles. The Morgan fingerprint density at radius 2 is 2.24 bits per heavy atom. The minimum Gasteiger partial charge on any atom is -0.377 e. The summed E-state index contributed by atoms with van der Waals surface area (Å²) in [4.78, 5) is 4.02. The van der Waals surface area contributed by atoms with Gasteiger partial charge in [0.15, 0.2) is 0 Å². The van der Waals surface area contributed by atoms with Crippen molar-refractivity contribution in [3.8, 4) is 0 Å². The van der Waals surface area contributed by atoms with Crippen molar-refractivity contribution in [3.05, 3.63) is 34.7 Å². The first-order chi connectivity index (χ1) is 10.3. The fourth-order valence-electron chi connectivity index (χ4n) is 3.07. The van der Waals surface area contributed by atoms with Crippen LogP contribution >= 0.6 is 11.3 Å². The summed E-state index contributed by atoms with van der Waals surface area (Å²) >= 11 is 1.92. The average Bonchev–Trinajstić information content (AvgIpc) is 2.67. The summed E-state index contributed by atoms with van der Waals surface area (Å²) in [5.74, 6) is 0. The molecule has 1 fully saturated rings. The first-order valence-electron chi connectivity index (χ1n) is 7.75. The van der Waals surface area contributed by atoms with Crippen LogP contribution in [0.15, 0.2) is 24.3 Å². The summed E-state index contributed by atoms with van der Waals surface area (Å²) in [5, 5.41) is 4.73. The molecule has 1 aliphatic rings. The Morgan fingerprint density at radius 3 is 3.10 bits per heavy atom. The van der Waals surface area contributed by atoms with Crippen molar-refractivity contribution in [2.75, 3.05) is 26.7 Å². The second-order valence-corrected chi connectivity index (χ2v) is 6.94. The first-order valence-corrected chi connectivity index (χ1v) is 8.57. The molecule has 0 saturated carbocycles. The fourth-order valence-corrected chi connectivity index (χ4v) is 4.30. The Labute approximate surface area is 130 Å². The van der Waals surface area contributed by atoms with Gasteiger partial charge in [0.2, 0.25) is 0 Å². The van der Waals surface area contributed by atoms with Crippen LogP contribution < -0.4 is 5.32 Å². The monoisotopic (exact) mass is 304 g/mol. The number of nitrogens with zero attached hydrogens (tertiary/aromatic N) is 1. The predicted octanol–water partition coefficient (Wildman–Crippen LogP) is 3.23. The zero-order chi connectivity index (χ0) is 14.7. The van der Waals surface area contributed by atoms with E-state index >= 15 is 0 Å². The molecule has 0 radical (unpaired) electrons. The van der Waals surface area contributed by atoms with E-state index in [1.165, 1.54) is 20.5 Å². The zero-order valence-corrected chi connectivity index (χ0v) is 13.7. The maximum atomic E-state index is 5.77. The number of hydrogen-bond donors (Lipinski definition) is 1. The summed E-state index contributed by atoms with van der Waals surface area (Å²) in [7, 11) is 2.02. The molecule has 1 aromatic carbocycles. The average molecular weight is 304 g/mol. The topological polar surface area (TPSA) is 24.5 Å². The van der Waals surface area contributed by atoms with Gasteiger partial charge < -0.3 is 10.1 Å². The van der Waals surface area contributed by atoms with Crippen LogP contribution in [0.4, 0.5) is 0 Å². The standard InChI is InChI=1S/C17H24N2OS/c1-13-11-19(8-5-9-20-13)12-15-14-6-3-4-7-16(14)21-17(15)10-18-2/h3-4,6-7,13,18H,5,8-12H2,1-2H3. The highest BCUT2D eigenvalue weighted by molar-refractivity contribution is 7.19. The number of rotatable bonds is 4. The number of ether oxygens (including phenoxy) is 1. The number of fused-ring (bicyclic) bond motifs is 1. The van der Waals surface area contributed by atoms with E-state index in [4.69, 9.17) is 4.74 Å². The molecular weight excluding hydrogens is 280 g/mol. The van der Waals surface area contributed by atoms with Crippen LogP contribution in [0, 0.1) is 0 Å². The minimum atomic E-state index is 0.338. The Balaban J connectivity index is 1.88. The number of nitrogens with one attached hydrogen (secondary N) is 1. The molecule has 3 nitrogen and oxygen atoms in total. The van der Waals surface area contributed by atoms with Crippen LogP contribution in [-0.2, 0) is 17.8 Å². The molecule has 2 aromatic rings. The third kappa shape index (κ3) is 3.46. The van der Waals surface area contributed by atoms with E-state index in [1.807, 2.05) is 18.4 Å². The van der Waals surface area contributed by atoms with E-state index in [9.17, 15) is 0 Å². The Kier molecular flexibility index (Phi) is 4.91. The van der Waals surface area contributed by atoms with Crippen molar-refractivity contribution < 1.29 is 4.74 Å². The first kappa shape index (κ1) is 15.0. The third-order valence-electron chi connectivity index (χ3n) is 4.04. The minimum absolute atomic E-state index is 0.338. The quantitative estimate of drug-likeness (QED) is 0.938. The van der Waals surface area contributed by atoms with Gasteiger partial charge >= 0.3 is 0 Å². The highest BCUT2D eigenvalue weighted by Gasteiger charge is 2.19. The van der Waals surface area contributed by atoms with Gasteiger partial charge in [-0.05, 0) is 37.4 Å². The van der Waals surface area contributed by atoms with Crippen molar-refractivity contribution in [1.82, 2.24) is 10.2 Å². The van der Waals surface area contributed by atoms with E-state index in [2.05, 4.69) is 41.4 Å². The van der Waals surface area contributed by atoms with E-state index in [0.717, 1.165) is 39.2 Å². The third-order valence-corrected chi connectivity index (χ3v) is 5.25. The molecule has 1 aliphatic heterocycles. The second-order valence-electron chi connectivity index (χ2n) is 5.80. The van der Waals surface area contributed by atoms with Gasteiger partial charge in [-0.15, -0.1) is 11.3 Å². The number of benzene rings is 1. The fraction of sp³-hybridized carbons (Fsp3) is 0.529. The lowest BCUT2D eigenvalue weighted by Crippen LogP contribution is -2.30. The molecule has 4 heteroatoms. The van der Waals surface area contributed by atoms with Crippen LogP contribution in [-0.4, -0.2) is 37.7 Å². The molecule has 1 N–H and O–H groups in total. The van der Waals surface area contributed by atoms with Gasteiger partial charge in [-0.25, -0.2) is 0 Å².